The van der Waals surface area contributed by atoms with Crippen molar-refractivity contribution in [2.24, 2.45) is 0 Å². The van der Waals surface area contributed by atoms with E-state index in [9.17, 15) is 14.9 Å². The Morgan fingerprint density at radius 1 is 1.00 bits per heavy atom. The van der Waals surface area contributed by atoms with Gasteiger partial charge < -0.3 is 10.1 Å². The molecule has 0 radical (unpaired) electrons. The third-order valence-corrected chi connectivity index (χ3v) is 7.99. The van der Waals surface area contributed by atoms with Crippen LogP contribution in [0.2, 0.25) is 0 Å². The number of ether oxygens (including phenoxy) is 1. The van der Waals surface area contributed by atoms with Crippen molar-refractivity contribution < 1.29 is 14.3 Å². The summed E-state index contributed by atoms with van der Waals surface area (Å²) in [5, 5.41) is 12.8. The number of para-hydroxylation sites is 2. The second kappa shape index (κ2) is 13.2. The maximum absolute atomic E-state index is 13.8. The van der Waals surface area contributed by atoms with Gasteiger partial charge in [-0.3, -0.25) is 14.5 Å². The van der Waals surface area contributed by atoms with Crippen LogP contribution in [0.15, 0.2) is 83.4 Å². The van der Waals surface area contributed by atoms with Crippen LogP contribution in [0.25, 0.3) is 0 Å². The van der Waals surface area contributed by atoms with Crippen molar-refractivity contribution in [3.05, 3.63) is 100 Å². The molecule has 1 aliphatic rings. The fourth-order valence-electron chi connectivity index (χ4n) is 4.47. The first-order valence-electron chi connectivity index (χ1n) is 13.2. The highest BCUT2D eigenvalue weighted by Crippen LogP contribution is 2.42. The van der Waals surface area contributed by atoms with E-state index in [-0.39, 0.29) is 11.5 Å². The Bertz CT molecular complexity index is 1390. The summed E-state index contributed by atoms with van der Waals surface area (Å²) in [6, 6.07) is 25.1. The van der Waals surface area contributed by atoms with Gasteiger partial charge in [0, 0.05) is 5.69 Å². The summed E-state index contributed by atoms with van der Waals surface area (Å²) in [4.78, 5) is 28.7. The van der Waals surface area contributed by atoms with Crippen molar-refractivity contribution in [3.8, 4) is 11.8 Å². The number of unbranched alkanes of at least 4 members (excludes halogenated alkanes) is 1. The van der Waals surface area contributed by atoms with Crippen molar-refractivity contribution in [1.29, 1.82) is 5.26 Å². The Morgan fingerprint density at radius 2 is 1.67 bits per heavy atom. The molecular weight excluding hydrogens is 506 g/mol. The fourth-order valence-corrected chi connectivity index (χ4v) is 5.78. The minimum atomic E-state index is -0.589. The summed E-state index contributed by atoms with van der Waals surface area (Å²) < 4.78 is 5.34. The number of carbonyl (C=O) groups is 2. The van der Waals surface area contributed by atoms with E-state index in [2.05, 4.69) is 49.5 Å². The number of hydrogen-bond donors (Lipinski definition) is 1. The third-order valence-electron chi connectivity index (χ3n) is 6.73. The molecule has 0 saturated carbocycles. The molecule has 0 bridgehead atoms. The first-order valence-corrected chi connectivity index (χ1v) is 14.1. The second-order valence-corrected chi connectivity index (χ2v) is 10.6. The number of nitrogens with zero attached hydrogens (tertiary/aromatic N) is 2. The molecule has 4 rings (SSSR count). The molecule has 0 spiro atoms. The summed E-state index contributed by atoms with van der Waals surface area (Å²) in [6.45, 7) is 4.24. The first kappa shape index (κ1) is 28.0. The number of amides is 2. The molecule has 3 aromatic rings. The van der Waals surface area contributed by atoms with Gasteiger partial charge in [-0.25, -0.2) is 0 Å². The van der Waals surface area contributed by atoms with Crippen LogP contribution >= 0.6 is 11.8 Å². The number of rotatable bonds is 10. The van der Waals surface area contributed by atoms with Gasteiger partial charge >= 0.3 is 0 Å². The van der Waals surface area contributed by atoms with Gasteiger partial charge in [0.1, 0.15) is 22.4 Å². The van der Waals surface area contributed by atoms with E-state index in [0.717, 1.165) is 36.8 Å². The highest BCUT2D eigenvalue weighted by Gasteiger charge is 2.41. The van der Waals surface area contributed by atoms with E-state index in [1.54, 1.807) is 24.3 Å². The van der Waals surface area contributed by atoms with Gasteiger partial charge in [-0.05, 0) is 66.6 Å². The number of anilines is 2. The Kier molecular flexibility index (Phi) is 9.45. The van der Waals surface area contributed by atoms with Gasteiger partial charge in [0.25, 0.3) is 5.91 Å². The van der Waals surface area contributed by atoms with E-state index in [4.69, 9.17) is 4.74 Å². The minimum Gasteiger partial charge on any atom is -0.495 e. The van der Waals surface area contributed by atoms with Gasteiger partial charge in [-0.1, -0.05) is 80.6 Å². The van der Waals surface area contributed by atoms with Crippen molar-refractivity contribution in [3.63, 3.8) is 0 Å². The van der Waals surface area contributed by atoms with Crippen molar-refractivity contribution in [1.82, 2.24) is 0 Å². The Morgan fingerprint density at radius 3 is 2.31 bits per heavy atom. The van der Waals surface area contributed by atoms with Crippen molar-refractivity contribution in [2.75, 3.05) is 17.3 Å². The summed E-state index contributed by atoms with van der Waals surface area (Å²) in [5.74, 6) is -0.254. The summed E-state index contributed by atoms with van der Waals surface area (Å²) in [6.07, 6.45) is 4.69. The molecule has 39 heavy (non-hydrogen) atoms. The molecule has 1 unspecified atom stereocenters. The third kappa shape index (κ3) is 6.52. The number of carbonyl (C=O) groups excluding carboxylic acids is 2. The lowest BCUT2D eigenvalue weighted by molar-refractivity contribution is -0.117. The standard InChI is InChI=1S/C32H33N3O3S/c1-4-6-9-23-12-14-24(15-13-23)20-29-31(37)35(25-18-16-22(5-2)17-19-25)32(39-29)26(21-33)30(36)34-27-10-7-8-11-28(27)38-3/h7-8,10-19,29H,4-6,9,20H2,1-3H3,(H,34,36)/b32-26-. The number of nitrogens with one attached hydrogen (secondary N) is 1. The zero-order valence-electron chi connectivity index (χ0n) is 22.6. The van der Waals surface area contributed by atoms with Gasteiger partial charge in [-0.15, -0.1) is 0 Å². The predicted octanol–water partition coefficient (Wildman–Crippen LogP) is 6.67. The smallest absolute Gasteiger partial charge is 0.269 e. The number of nitriles is 1. The second-order valence-electron chi connectivity index (χ2n) is 9.37. The van der Waals surface area contributed by atoms with Gasteiger partial charge in [0.15, 0.2) is 0 Å². The highest BCUT2D eigenvalue weighted by atomic mass is 32.2. The SMILES string of the molecule is CCCCc1ccc(CC2S/C(=C(/C#N)C(=O)Nc3ccccc3OC)N(c3ccc(CC)cc3)C2=O)cc1. The van der Waals surface area contributed by atoms with Gasteiger partial charge in [0.2, 0.25) is 5.91 Å². The lowest BCUT2D eigenvalue weighted by atomic mass is 10.0. The lowest BCUT2D eigenvalue weighted by Gasteiger charge is -2.19. The molecule has 3 aromatic carbocycles. The lowest BCUT2D eigenvalue weighted by Crippen LogP contribution is -2.31. The molecule has 200 valence electrons. The fraction of sp³-hybridized carbons (Fsp3) is 0.281. The topological polar surface area (TPSA) is 82.4 Å². The van der Waals surface area contributed by atoms with E-state index >= 15 is 0 Å². The highest BCUT2D eigenvalue weighted by molar-refractivity contribution is 8.05. The van der Waals surface area contributed by atoms with Crippen LogP contribution in [0.5, 0.6) is 5.75 Å². The zero-order chi connectivity index (χ0) is 27.8. The van der Waals surface area contributed by atoms with Crippen LogP contribution < -0.4 is 15.0 Å². The van der Waals surface area contributed by atoms with Gasteiger partial charge in [-0.2, -0.15) is 5.26 Å². The molecule has 6 nitrogen and oxygen atoms in total. The zero-order valence-corrected chi connectivity index (χ0v) is 23.4. The molecule has 1 fully saturated rings. The molecule has 1 aliphatic heterocycles. The summed E-state index contributed by atoms with van der Waals surface area (Å²) in [5.41, 5.74) is 4.43. The summed E-state index contributed by atoms with van der Waals surface area (Å²) >= 11 is 1.27. The summed E-state index contributed by atoms with van der Waals surface area (Å²) in [7, 11) is 1.52. The normalized spacial score (nSPS) is 16.1. The molecule has 0 aromatic heterocycles. The average Bonchev–Trinajstić information content (AvgIpc) is 3.28. The molecule has 1 saturated heterocycles. The first-order chi connectivity index (χ1) is 19.0. The predicted molar refractivity (Wildman–Crippen MR) is 158 cm³/mol. The van der Waals surface area contributed by atoms with Crippen molar-refractivity contribution >= 4 is 35.0 Å². The number of methoxy groups -OCH3 is 1. The maximum Gasteiger partial charge on any atom is 0.269 e. The van der Waals surface area contributed by atoms with Crippen LogP contribution in [0.3, 0.4) is 0 Å². The monoisotopic (exact) mass is 539 g/mol. The van der Waals surface area contributed by atoms with E-state index < -0.39 is 11.2 Å². The molecule has 1 atom stereocenters. The Labute approximate surface area is 234 Å². The average molecular weight is 540 g/mol. The van der Waals surface area contributed by atoms with Crippen LogP contribution in [-0.4, -0.2) is 24.2 Å². The number of aryl methyl sites for hydroxylation is 2. The quantitative estimate of drug-likeness (QED) is 0.230. The number of hydrogen-bond acceptors (Lipinski definition) is 5. The Hall–Kier alpha value is -4.02. The van der Waals surface area contributed by atoms with E-state index in [0.29, 0.717) is 28.6 Å². The molecule has 2 amide bonds. The number of thioether (sulfide) groups is 1. The molecular formula is C32H33N3O3S. The van der Waals surface area contributed by atoms with Crippen LogP contribution in [0.1, 0.15) is 43.4 Å². The van der Waals surface area contributed by atoms with E-state index in [1.807, 2.05) is 24.3 Å². The van der Waals surface area contributed by atoms with E-state index in [1.165, 1.54) is 29.3 Å². The van der Waals surface area contributed by atoms with Crippen molar-refractivity contribution in [2.45, 2.75) is 51.2 Å². The van der Waals surface area contributed by atoms with Crippen LogP contribution in [-0.2, 0) is 28.9 Å². The Balaban J connectivity index is 1.67. The minimum absolute atomic E-state index is 0.115. The molecule has 1 heterocycles. The van der Waals surface area contributed by atoms with Gasteiger partial charge in [0.05, 0.1) is 18.0 Å². The van der Waals surface area contributed by atoms with Crippen LogP contribution in [0, 0.1) is 11.3 Å². The molecule has 0 aliphatic carbocycles. The largest absolute Gasteiger partial charge is 0.495 e. The maximum atomic E-state index is 13.8. The molecule has 1 N–H and O–H groups in total. The van der Waals surface area contributed by atoms with Crippen LogP contribution in [0.4, 0.5) is 11.4 Å². The molecule has 7 heteroatoms. The number of benzene rings is 3.